The Kier molecular flexibility index (Phi) is 7.73. The van der Waals surface area contributed by atoms with E-state index in [2.05, 4.69) is 0 Å². The first kappa shape index (κ1) is 26.2. The zero-order valence-corrected chi connectivity index (χ0v) is 19.6. The molecule has 3 aromatic rings. The van der Waals surface area contributed by atoms with Gasteiger partial charge in [0, 0.05) is 5.56 Å². The van der Waals surface area contributed by atoms with E-state index in [9.17, 15) is 30.7 Å². The van der Waals surface area contributed by atoms with Gasteiger partial charge in [0.1, 0.15) is 0 Å². The third kappa shape index (κ3) is 5.43. The summed E-state index contributed by atoms with van der Waals surface area (Å²) in [6.07, 6.45) is -2.02. The van der Waals surface area contributed by atoms with Gasteiger partial charge in [0.05, 0.1) is 11.7 Å². The molecule has 0 heterocycles. The molecule has 0 radical (unpaired) electrons. The number of rotatable bonds is 7. The largest absolute Gasteiger partial charge is 0.383 e. The van der Waals surface area contributed by atoms with Crippen LogP contribution in [0.3, 0.4) is 0 Å². The van der Waals surface area contributed by atoms with Gasteiger partial charge in [0.25, 0.3) is 0 Å². The van der Waals surface area contributed by atoms with Gasteiger partial charge in [0.15, 0.2) is 29.1 Å². The molecule has 1 saturated carbocycles. The summed E-state index contributed by atoms with van der Waals surface area (Å²) in [6.45, 7) is 1.89. The van der Waals surface area contributed by atoms with Crippen molar-refractivity contribution in [3.63, 3.8) is 0 Å². The van der Waals surface area contributed by atoms with Crippen LogP contribution < -0.4 is 0 Å². The predicted octanol–water partition coefficient (Wildman–Crippen LogP) is 8.79. The van der Waals surface area contributed by atoms with Crippen LogP contribution in [0.5, 0.6) is 0 Å². The second-order valence-electron chi connectivity index (χ2n) is 9.13. The first-order chi connectivity index (χ1) is 17.1. The molecular weight excluding hydrogens is 485 g/mol. The van der Waals surface area contributed by atoms with E-state index in [1.165, 1.54) is 0 Å². The molecule has 4 rings (SSSR count). The highest BCUT2D eigenvalue weighted by atomic mass is 19.3. The molecule has 1 fully saturated rings. The number of aryl methyl sites for hydroxylation is 1. The smallest absolute Gasteiger partial charge is 0.313 e. The minimum Gasteiger partial charge on any atom is -0.313 e. The Morgan fingerprint density at radius 3 is 1.97 bits per heavy atom. The van der Waals surface area contributed by atoms with Crippen molar-refractivity contribution < 1.29 is 35.5 Å². The zero-order chi connectivity index (χ0) is 26.0. The number of hydrogen-bond donors (Lipinski definition) is 0. The summed E-state index contributed by atoms with van der Waals surface area (Å²) in [6, 6.07) is 10.7. The molecule has 3 aromatic carbocycles. The van der Waals surface area contributed by atoms with Crippen molar-refractivity contribution >= 4 is 0 Å². The highest BCUT2D eigenvalue weighted by Gasteiger charge is 2.39. The molecule has 0 aromatic heterocycles. The Balaban J connectivity index is 1.39. The van der Waals surface area contributed by atoms with Crippen LogP contribution in [0.1, 0.15) is 61.6 Å². The number of hydrogen-bond acceptors (Lipinski definition) is 1. The lowest BCUT2D eigenvalue weighted by molar-refractivity contribution is -0.277. The van der Waals surface area contributed by atoms with E-state index < -0.39 is 46.9 Å². The molecule has 0 aliphatic heterocycles. The molecule has 36 heavy (non-hydrogen) atoms. The Morgan fingerprint density at radius 2 is 1.39 bits per heavy atom. The summed E-state index contributed by atoms with van der Waals surface area (Å²) in [5, 5.41) is 0. The minimum atomic E-state index is -3.97. The van der Waals surface area contributed by atoms with Crippen molar-refractivity contribution in [3.8, 4) is 11.1 Å². The monoisotopic (exact) mass is 510 g/mol. The van der Waals surface area contributed by atoms with E-state index in [-0.39, 0.29) is 36.5 Å². The van der Waals surface area contributed by atoms with Crippen molar-refractivity contribution in [2.45, 2.75) is 63.6 Å². The topological polar surface area (TPSA) is 9.23 Å². The Bertz CT molecular complexity index is 1190. The van der Waals surface area contributed by atoms with Gasteiger partial charge in [-0.15, -0.1) is 0 Å². The molecule has 0 amide bonds. The minimum absolute atomic E-state index is 0.0572. The summed E-state index contributed by atoms with van der Waals surface area (Å²) in [4.78, 5) is 0. The van der Waals surface area contributed by atoms with Gasteiger partial charge in [-0.3, -0.25) is 0 Å². The highest BCUT2D eigenvalue weighted by molar-refractivity contribution is 5.65. The van der Waals surface area contributed by atoms with Gasteiger partial charge < -0.3 is 4.74 Å². The second-order valence-corrected chi connectivity index (χ2v) is 9.13. The van der Waals surface area contributed by atoms with Crippen LogP contribution in [0.4, 0.5) is 30.7 Å². The second kappa shape index (κ2) is 10.6. The molecule has 192 valence electrons. The maximum Gasteiger partial charge on any atom is 0.383 e. The van der Waals surface area contributed by atoms with E-state index in [1.807, 2.05) is 19.1 Å². The number of ether oxygens (including phenoxy) is 1. The van der Waals surface area contributed by atoms with E-state index in [0.717, 1.165) is 5.56 Å². The maximum absolute atomic E-state index is 14.6. The van der Waals surface area contributed by atoms with Crippen LogP contribution in [0.15, 0.2) is 48.5 Å². The molecule has 1 aliphatic carbocycles. The highest BCUT2D eigenvalue weighted by Crippen LogP contribution is 2.40. The van der Waals surface area contributed by atoms with Crippen molar-refractivity contribution in [2.75, 3.05) is 0 Å². The lowest BCUT2D eigenvalue weighted by atomic mass is 9.82. The molecular formula is C28H25F7O. The van der Waals surface area contributed by atoms with Crippen LogP contribution in [0, 0.1) is 29.1 Å². The maximum atomic E-state index is 14.6. The summed E-state index contributed by atoms with van der Waals surface area (Å²) < 4.78 is 103. The van der Waals surface area contributed by atoms with E-state index in [0.29, 0.717) is 36.8 Å². The van der Waals surface area contributed by atoms with E-state index >= 15 is 0 Å². The lowest BCUT2D eigenvalue weighted by Gasteiger charge is -2.31. The van der Waals surface area contributed by atoms with Crippen LogP contribution in [0.25, 0.3) is 11.1 Å². The van der Waals surface area contributed by atoms with Gasteiger partial charge in [-0.05, 0) is 66.8 Å². The summed E-state index contributed by atoms with van der Waals surface area (Å²) in [5.41, 5.74) is 0.910. The number of alkyl halides is 2. The number of benzene rings is 3. The zero-order valence-electron chi connectivity index (χ0n) is 19.6. The molecule has 0 unspecified atom stereocenters. The van der Waals surface area contributed by atoms with Crippen molar-refractivity contribution in [3.05, 3.63) is 94.3 Å². The van der Waals surface area contributed by atoms with Gasteiger partial charge in [-0.1, -0.05) is 49.7 Å². The first-order valence-corrected chi connectivity index (χ1v) is 11.9. The van der Waals surface area contributed by atoms with Gasteiger partial charge >= 0.3 is 6.11 Å². The fourth-order valence-electron chi connectivity index (χ4n) is 4.72. The third-order valence-corrected chi connectivity index (χ3v) is 6.68. The van der Waals surface area contributed by atoms with Crippen LogP contribution in [0.2, 0.25) is 0 Å². The van der Waals surface area contributed by atoms with Gasteiger partial charge in [-0.2, -0.15) is 8.78 Å². The quantitative estimate of drug-likeness (QED) is 0.228. The Labute approximate surface area is 204 Å². The number of halogens is 7. The van der Waals surface area contributed by atoms with Crippen molar-refractivity contribution in [1.82, 2.24) is 0 Å². The molecule has 0 N–H and O–H groups in total. The van der Waals surface area contributed by atoms with Gasteiger partial charge in [0.2, 0.25) is 0 Å². The molecule has 0 atom stereocenters. The van der Waals surface area contributed by atoms with E-state index in [4.69, 9.17) is 4.74 Å². The van der Waals surface area contributed by atoms with Crippen LogP contribution >= 0.6 is 0 Å². The summed E-state index contributed by atoms with van der Waals surface area (Å²) in [5.74, 6) is -6.89. The predicted molar refractivity (Wildman–Crippen MR) is 122 cm³/mol. The standard InChI is InChI=1S/C28H25F7O/c1-2-3-19-10-13-22(26(32)25(19)31)18-6-4-16(5-7-18)17-8-11-21(12-9-17)36-28(34,35)20-14-23(29)27(33)24(30)15-20/h4-7,10,13-15,17,21H,2-3,8-9,11-12H2,1H3. The SMILES string of the molecule is CCCc1ccc(-c2ccc(C3CCC(OC(F)(F)c4cc(F)c(F)c(F)c4)CC3)cc2)c(F)c1F. The summed E-state index contributed by atoms with van der Waals surface area (Å²) in [7, 11) is 0. The first-order valence-electron chi connectivity index (χ1n) is 11.9. The summed E-state index contributed by atoms with van der Waals surface area (Å²) >= 11 is 0. The Morgan fingerprint density at radius 1 is 0.778 bits per heavy atom. The average Bonchev–Trinajstić information content (AvgIpc) is 2.86. The Hall–Kier alpha value is -2.87. The fourth-order valence-corrected chi connectivity index (χ4v) is 4.72. The van der Waals surface area contributed by atoms with Crippen molar-refractivity contribution in [1.29, 1.82) is 0 Å². The fraction of sp³-hybridized carbons (Fsp3) is 0.357. The molecule has 0 spiro atoms. The third-order valence-electron chi connectivity index (χ3n) is 6.68. The molecule has 1 aliphatic rings. The van der Waals surface area contributed by atoms with Gasteiger partial charge in [-0.25, -0.2) is 22.0 Å². The van der Waals surface area contributed by atoms with E-state index in [1.54, 1.807) is 24.3 Å². The average molecular weight is 510 g/mol. The van der Waals surface area contributed by atoms with Crippen molar-refractivity contribution in [2.24, 2.45) is 0 Å². The molecule has 8 heteroatoms. The molecule has 0 saturated heterocycles. The van der Waals surface area contributed by atoms with Crippen LogP contribution in [-0.2, 0) is 17.3 Å². The molecule has 0 bridgehead atoms. The normalized spacial score (nSPS) is 18.4. The van der Waals surface area contributed by atoms with Crippen LogP contribution in [-0.4, -0.2) is 6.10 Å². The lowest BCUT2D eigenvalue weighted by Crippen LogP contribution is -2.29. The molecule has 1 nitrogen and oxygen atoms in total.